The van der Waals surface area contributed by atoms with Crippen molar-refractivity contribution in [2.75, 3.05) is 5.73 Å². The first kappa shape index (κ1) is 14.1. The Hall–Kier alpha value is -2.30. The van der Waals surface area contributed by atoms with Crippen molar-refractivity contribution >= 4 is 11.6 Å². The first-order valence-electron chi connectivity index (χ1n) is 6.57. The molecule has 1 unspecified atom stereocenters. The van der Waals surface area contributed by atoms with E-state index in [0.29, 0.717) is 5.69 Å². The zero-order valence-corrected chi connectivity index (χ0v) is 12.0. The molecule has 0 fully saturated rings. The van der Waals surface area contributed by atoms with Gasteiger partial charge in [0.1, 0.15) is 0 Å². The molecule has 0 bridgehead atoms. The standard InChI is InChI=1S/C15H20N4O/c1-10(11-8-17-18-9-11)19-14(20)15(2,3)12-4-6-13(16)7-5-12/h4-10H,16H2,1-3H3,(H,17,18)(H,19,20). The summed E-state index contributed by atoms with van der Waals surface area (Å²) in [6.07, 6.45) is 3.49. The summed E-state index contributed by atoms with van der Waals surface area (Å²) in [6, 6.07) is 7.30. The SMILES string of the molecule is CC(NC(=O)C(C)(C)c1ccc(N)cc1)c1cn[nH]c1. The summed E-state index contributed by atoms with van der Waals surface area (Å²) in [5, 5.41) is 9.64. The molecule has 0 aliphatic carbocycles. The third kappa shape index (κ3) is 2.82. The van der Waals surface area contributed by atoms with E-state index >= 15 is 0 Å². The lowest BCUT2D eigenvalue weighted by Gasteiger charge is -2.26. The minimum absolute atomic E-state index is 0.0315. The molecule has 0 radical (unpaired) electrons. The molecule has 1 atom stereocenters. The zero-order chi connectivity index (χ0) is 14.8. The lowest BCUT2D eigenvalue weighted by molar-refractivity contribution is -0.126. The van der Waals surface area contributed by atoms with Gasteiger partial charge in [0.2, 0.25) is 5.91 Å². The van der Waals surface area contributed by atoms with Crippen LogP contribution in [0.5, 0.6) is 0 Å². The van der Waals surface area contributed by atoms with Gasteiger partial charge in [0.15, 0.2) is 0 Å². The third-order valence-electron chi connectivity index (χ3n) is 3.57. The smallest absolute Gasteiger partial charge is 0.230 e. The van der Waals surface area contributed by atoms with Crippen molar-refractivity contribution in [2.24, 2.45) is 0 Å². The molecular weight excluding hydrogens is 252 g/mol. The fourth-order valence-corrected chi connectivity index (χ4v) is 1.99. The van der Waals surface area contributed by atoms with Crippen LogP contribution >= 0.6 is 0 Å². The third-order valence-corrected chi connectivity index (χ3v) is 3.57. The highest BCUT2D eigenvalue weighted by atomic mass is 16.2. The van der Waals surface area contributed by atoms with E-state index in [1.54, 1.807) is 12.4 Å². The Bertz CT molecular complexity index is 572. The predicted molar refractivity (Wildman–Crippen MR) is 79.0 cm³/mol. The fourth-order valence-electron chi connectivity index (χ4n) is 1.99. The topological polar surface area (TPSA) is 83.8 Å². The number of aromatic nitrogens is 2. The molecule has 4 N–H and O–H groups in total. The van der Waals surface area contributed by atoms with Crippen LogP contribution in [-0.2, 0) is 10.2 Å². The van der Waals surface area contributed by atoms with Gasteiger partial charge >= 0.3 is 0 Å². The van der Waals surface area contributed by atoms with Crippen LogP contribution in [0.4, 0.5) is 5.69 Å². The van der Waals surface area contributed by atoms with E-state index in [1.807, 2.05) is 45.0 Å². The highest BCUT2D eigenvalue weighted by Crippen LogP contribution is 2.25. The van der Waals surface area contributed by atoms with Gasteiger partial charge < -0.3 is 11.1 Å². The molecule has 106 valence electrons. The normalized spacial score (nSPS) is 12.9. The van der Waals surface area contributed by atoms with Crippen LogP contribution in [0.15, 0.2) is 36.7 Å². The van der Waals surface area contributed by atoms with Gasteiger partial charge in [0.25, 0.3) is 0 Å². The second-order valence-electron chi connectivity index (χ2n) is 5.47. The second kappa shape index (κ2) is 5.36. The minimum atomic E-state index is -0.619. The number of carbonyl (C=O) groups is 1. The van der Waals surface area contributed by atoms with Gasteiger partial charge in [-0.15, -0.1) is 0 Å². The molecule has 1 heterocycles. The number of nitrogens with zero attached hydrogens (tertiary/aromatic N) is 1. The summed E-state index contributed by atoms with van der Waals surface area (Å²) in [6.45, 7) is 5.73. The lowest BCUT2D eigenvalue weighted by atomic mass is 9.83. The number of carbonyl (C=O) groups excluding carboxylic acids is 1. The minimum Gasteiger partial charge on any atom is -0.399 e. The van der Waals surface area contributed by atoms with Crippen molar-refractivity contribution < 1.29 is 4.79 Å². The van der Waals surface area contributed by atoms with Crippen LogP contribution in [0.1, 0.15) is 37.9 Å². The Morgan fingerprint density at radius 1 is 1.35 bits per heavy atom. The van der Waals surface area contributed by atoms with Gasteiger partial charge in [-0.05, 0) is 38.5 Å². The van der Waals surface area contributed by atoms with E-state index in [-0.39, 0.29) is 11.9 Å². The van der Waals surface area contributed by atoms with E-state index < -0.39 is 5.41 Å². The number of rotatable bonds is 4. The van der Waals surface area contributed by atoms with E-state index in [9.17, 15) is 4.79 Å². The van der Waals surface area contributed by atoms with E-state index in [4.69, 9.17) is 5.73 Å². The number of H-pyrrole nitrogens is 1. The Morgan fingerprint density at radius 3 is 2.55 bits per heavy atom. The quantitative estimate of drug-likeness (QED) is 0.746. The molecule has 2 aromatic rings. The molecule has 0 aliphatic rings. The van der Waals surface area contributed by atoms with E-state index in [2.05, 4.69) is 15.5 Å². The Kier molecular flexibility index (Phi) is 3.79. The lowest BCUT2D eigenvalue weighted by Crippen LogP contribution is -2.41. The molecule has 1 aromatic carbocycles. The van der Waals surface area contributed by atoms with Gasteiger partial charge in [0, 0.05) is 17.4 Å². The molecule has 5 heteroatoms. The molecule has 0 saturated carbocycles. The van der Waals surface area contributed by atoms with Crippen molar-refractivity contribution in [2.45, 2.75) is 32.2 Å². The highest BCUT2D eigenvalue weighted by Gasteiger charge is 2.30. The van der Waals surface area contributed by atoms with Gasteiger partial charge in [0.05, 0.1) is 17.7 Å². The zero-order valence-electron chi connectivity index (χ0n) is 12.0. The van der Waals surface area contributed by atoms with Gasteiger partial charge in [-0.25, -0.2) is 0 Å². The van der Waals surface area contributed by atoms with Gasteiger partial charge in [-0.1, -0.05) is 12.1 Å². The monoisotopic (exact) mass is 272 g/mol. The molecule has 5 nitrogen and oxygen atoms in total. The number of hydrogen-bond acceptors (Lipinski definition) is 3. The van der Waals surface area contributed by atoms with Gasteiger partial charge in [-0.3, -0.25) is 9.89 Å². The van der Waals surface area contributed by atoms with Gasteiger partial charge in [-0.2, -0.15) is 5.10 Å². The summed E-state index contributed by atoms with van der Waals surface area (Å²) < 4.78 is 0. The van der Waals surface area contributed by atoms with Crippen molar-refractivity contribution in [1.29, 1.82) is 0 Å². The first-order chi connectivity index (χ1) is 9.41. The summed E-state index contributed by atoms with van der Waals surface area (Å²) in [7, 11) is 0. The maximum Gasteiger partial charge on any atom is 0.230 e. The largest absolute Gasteiger partial charge is 0.399 e. The number of aromatic amines is 1. The van der Waals surface area contributed by atoms with E-state index in [0.717, 1.165) is 11.1 Å². The van der Waals surface area contributed by atoms with Crippen molar-refractivity contribution in [1.82, 2.24) is 15.5 Å². The van der Waals surface area contributed by atoms with Crippen LogP contribution in [0.25, 0.3) is 0 Å². The highest BCUT2D eigenvalue weighted by molar-refractivity contribution is 5.87. The Morgan fingerprint density at radius 2 is 2.00 bits per heavy atom. The number of nitrogens with two attached hydrogens (primary N) is 1. The van der Waals surface area contributed by atoms with Crippen LogP contribution < -0.4 is 11.1 Å². The van der Waals surface area contributed by atoms with Crippen molar-refractivity contribution in [3.05, 3.63) is 47.8 Å². The van der Waals surface area contributed by atoms with Crippen LogP contribution in [0, 0.1) is 0 Å². The number of benzene rings is 1. The molecule has 0 aliphatic heterocycles. The number of hydrogen-bond donors (Lipinski definition) is 3. The molecule has 2 rings (SSSR count). The number of nitrogen functional groups attached to an aromatic ring is 1. The predicted octanol–water partition coefficient (Wildman–Crippen LogP) is 2.15. The molecule has 1 amide bonds. The summed E-state index contributed by atoms with van der Waals surface area (Å²) >= 11 is 0. The molecule has 1 aromatic heterocycles. The summed E-state index contributed by atoms with van der Waals surface area (Å²) in [5.74, 6) is -0.0315. The summed E-state index contributed by atoms with van der Waals surface area (Å²) in [5.41, 5.74) is 7.64. The Labute approximate surface area is 118 Å². The Balaban J connectivity index is 2.13. The average molecular weight is 272 g/mol. The molecule has 0 spiro atoms. The van der Waals surface area contributed by atoms with E-state index in [1.165, 1.54) is 0 Å². The molecule has 20 heavy (non-hydrogen) atoms. The van der Waals surface area contributed by atoms with Crippen molar-refractivity contribution in [3.63, 3.8) is 0 Å². The number of nitrogens with one attached hydrogen (secondary N) is 2. The maximum atomic E-state index is 12.5. The van der Waals surface area contributed by atoms with Crippen LogP contribution in [-0.4, -0.2) is 16.1 Å². The van der Waals surface area contributed by atoms with Crippen LogP contribution in [0.3, 0.4) is 0 Å². The summed E-state index contributed by atoms with van der Waals surface area (Å²) in [4.78, 5) is 12.5. The molecular formula is C15H20N4O. The number of amides is 1. The maximum absolute atomic E-state index is 12.5. The van der Waals surface area contributed by atoms with Crippen molar-refractivity contribution in [3.8, 4) is 0 Å². The van der Waals surface area contributed by atoms with Crippen LogP contribution in [0.2, 0.25) is 0 Å². The second-order valence-corrected chi connectivity index (χ2v) is 5.47. The first-order valence-corrected chi connectivity index (χ1v) is 6.57. The fraction of sp³-hybridized carbons (Fsp3) is 0.333. The average Bonchev–Trinajstić information content (AvgIpc) is 2.93. The molecule has 0 saturated heterocycles. The number of anilines is 1.